The highest BCUT2D eigenvalue weighted by Gasteiger charge is 2.26. The summed E-state index contributed by atoms with van der Waals surface area (Å²) in [6.45, 7) is 1.25. The number of nitrogens with two attached hydrogens (primary N) is 1. The third kappa shape index (κ3) is 5.81. The number of nitrogens with zero attached hydrogens (tertiary/aromatic N) is 2. The van der Waals surface area contributed by atoms with Gasteiger partial charge in [-0.1, -0.05) is 30.3 Å². The molecule has 0 bridgehead atoms. The first kappa shape index (κ1) is 21.8. The Bertz CT molecular complexity index is 1120. The molecule has 0 aliphatic carbocycles. The topological polar surface area (TPSA) is 127 Å². The van der Waals surface area contributed by atoms with Crippen molar-refractivity contribution in [2.45, 2.75) is 31.8 Å². The molecule has 4 N–H and O–H groups in total. The molecule has 0 aliphatic rings. The highest BCUT2D eigenvalue weighted by Crippen LogP contribution is 2.12. The van der Waals surface area contributed by atoms with E-state index in [2.05, 4.69) is 20.6 Å². The van der Waals surface area contributed by atoms with Gasteiger partial charge >= 0.3 is 0 Å². The van der Waals surface area contributed by atoms with Gasteiger partial charge in [0.05, 0.1) is 16.7 Å². The molecule has 1 aromatic heterocycles. The van der Waals surface area contributed by atoms with Gasteiger partial charge in [-0.05, 0) is 23.8 Å². The van der Waals surface area contributed by atoms with Crippen LogP contribution in [0.4, 0.5) is 4.39 Å². The van der Waals surface area contributed by atoms with E-state index in [9.17, 15) is 18.8 Å². The van der Waals surface area contributed by atoms with Crippen LogP contribution in [-0.2, 0) is 27.2 Å². The summed E-state index contributed by atoms with van der Waals surface area (Å²) in [6.07, 6.45) is 1.44. The Kier molecular flexibility index (Phi) is 6.86. The van der Waals surface area contributed by atoms with Crippen molar-refractivity contribution < 1.29 is 18.8 Å². The third-order valence-corrected chi connectivity index (χ3v) is 4.65. The second-order valence-corrected chi connectivity index (χ2v) is 7.07. The first-order valence-electron chi connectivity index (χ1n) is 9.64. The predicted molar refractivity (Wildman–Crippen MR) is 112 cm³/mol. The van der Waals surface area contributed by atoms with Crippen molar-refractivity contribution in [1.82, 2.24) is 20.6 Å². The summed E-state index contributed by atoms with van der Waals surface area (Å²) in [5.74, 6) is -2.39. The molecule has 0 radical (unpaired) electrons. The summed E-state index contributed by atoms with van der Waals surface area (Å²) in [6, 6.07) is 11.0. The first-order valence-corrected chi connectivity index (χ1v) is 9.64. The number of hydrogen-bond acceptors (Lipinski definition) is 5. The average Bonchev–Trinajstić information content (AvgIpc) is 2.73. The zero-order valence-corrected chi connectivity index (χ0v) is 16.8. The molecule has 0 saturated carbocycles. The smallest absolute Gasteiger partial charge is 0.243 e. The molecule has 3 aromatic rings. The van der Waals surface area contributed by atoms with Gasteiger partial charge in [-0.25, -0.2) is 9.37 Å². The highest BCUT2D eigenvalue weighted by molar-refractivity contribution is 5.91. The fourth-order valence-electron chi connectivity index (χ4n) is 3.14. The van der Waals surface area contributed by atoms with Crippen molar-refractivity contribution >= 4 is 28.8 Å². The van der Waals surface area contributed by atoms with Gasteiger partial charge < -0.3 is 16.4 Å². The van der Waals surface area contributed by atoms with Crippen molar-refractivity contribution in [3.8, 4) is 0 Å². The first-order chi connectivity index (χ1) is 14.8. The number of hydrogen-bond donors (Lipinski definition) is 3. The van der Waals surface area contributed by atoms with E-state index >= 15 is 0 Å². The van der Waals surface area contributed by atoms with E-state index < -0.39 is 35.6 Å². The molecule has 0 saturated heterocycles. The molecule has 0 spiro atoms. The van der Waals surface area contributed by atoms with E-state index in [1.807, 2.05) is 12.1 Å². The molecule has 160 valence electrons. The number of fused-ring (bicyclic) bond motifs is 1. The van der Waals surface area contributed by atoms with Crippen LogP contribution in [0.15, 0.2) is 54.7 Å². The van der Waals surface area contributed by atoms with Crippen molar-refractivity contribution in [1.29, 1.82) is 0 Å². The van der Waals surface area contributed by atoms with Crippen LogP contribution in [0.2, 0.25) is 0 Å². The van der Waals surface area contributed by atoms with Crippen LogP contribution in [0.25, 0.3) is 11.0 Å². The number of halogens is 1. The van der Waals surface area contributed by atoms with Crippen LogP contribution < -0.4 is 16.4 Å². The lowest BCUT2D eigenvalue weighted by atomic mass is 10.0. The average molecular weight is 423 g/mol. The number of primary amides is 1. The van der Waals surface area contributed by atoms with Gasteiger partial charge in [0.15, 0.2) is 0 Å². The largest absolute Gasteiger partial charge is 0.368 e. The van der Waals surface area contributed by atoms with Crippen molar-refractivity contribution in [3.05, 3.63) is 71.8 Å². The van der Waals surface area contributed by atoms with Crippen LogP contribution in [0.5, 0.6) is 0 Å². The molecular weight excluding hydrogens is 401 g/mol. The van der Waals surface area contributed by atoms with E-state index in [1.54, 1.807) is 18.2 Å². The van der Waals surface area contributed by atoms with Gasteiger partial charge in [0, 0.05) is 26.0 Å². The maximum Gasteiger partial charge on any atom is 0.243 e. The van der Waals surface area contributed by atoms with E-state index in [-0.39, 0.29) is 18.4 Å². The predicted octanol–water partition coefficient (Wildman–Crippen LogP) is 1.03. The lowest BCUT2D eigenvalue weighted by Gasteiger charge is -2.21. The molecule has 0 fully saturated rings. The van der Waals surface area contributed by atoms with Crippen LogP contribution in [0.1, 0.15) is 18.2 Å². The van der Waals surface area contributed by atoms with Crippen LogP contribution in [0.3, 0.4) is 0 Å². The second-order valence-electron chi connectivity index (χ2n) is 7.07. The molecule has 3 rings (SSSR count). The summed E-state index contributed by atoms with van der Waals surface area (Å²) < 4.78 is 14.0. The standard InChI is InChI=1S/C22H22FN5O3/c1-13(29)26-20(10-14-6-2-3-7-16(14)23)22(31)28-19(21(24)30)11-15-12-25-17-8-4-5-9-18(17)27-15/h2-9,12,19-20H,10-11H2,1H3,(H2,24,30)(H,26,29)(H,28,31)/t19-,20-/m0/s1. The van der Waals surface area contributed by atoms with Gasteiger partial charge in [-0.3, -0.25) is 19.4 Å². The minimum Gasteiger partial charge on any atom is -0.368 e. The number of para-hydroxylation sites is 2. The van der Waals surface area contributed by atoms with Crippen molar-refractivity contribution in [3.63, 3.8) is 0 Å². The number of benzene rings is 2. The lowest BCUT2D eigenvalue weighted by Crippen LogP contribution is -2.54. The Morgan fingerprint density at radius 1 is 0.968 bits per heavy atom. The van der Waals surface area contributed by atoms with Gasteiger partial charge in [0.2, 0.25) is 17.7 Å². The van der Waals surface area contributed by atoms with E-state index in [0.29, 0.717) is 16.7 Å². The Hall–Kier alpha value is -3.88. The summed E-state index contributed by atoms with van der Waals surface area (Å²) in [5, 5.41) is 5.03. The monoisotopic (exact) mass is 423 g/mol. The summed E-state index contributed by atoms with van der Waals surface area (Å²) in [5.41, 5.74) is 7.54. The summed E-state index contributed by atoms with van der Waals surface area (Å²) in [4.78, 5) is 45.1. The number of nitrogens with one attached hydrogen (secondary N) is 2. The normalized spacial score (nSPS) is 12.7. The third-order valence-electron chi connectivity index (χ3n) is 4.65. The lowest BCUT2D eigenvalue weighted by molar-refractivity contribution is -0.130. The highest BCUT2D eigenvalue weighted by atomic mass is 19.1. The van der Waals surface area contributed by atoms with Crippen molar-refractivity contribution in [2.24, 2.45) is 5.73 Å². The molecule has 0 aliphatic heterocycles. The Balaban J connectivity index is 1.76. The molecule has 1 heterocycles. The van der Waals surface area contributed by atoms with Gasteiger partial charge in [0.25, 0.3) is 0 Å². The zero-order valence-electron chi connectivity index (χ0n) is 16.8. The summed E-state index contributed by atoms with van der Waals surface area (Å²) in [7, 11) is 0. The summed E-state index contributed by atoms with van der Waals surface area (Å²) >= 11 is 0. The van der Waals surface area contributed by atoms with E-state index in [1.165, 1.54) is 31.3 Å². The fraction of sp³-hybridized carbons (Fsp3) is 0.227. The fourth-order valence-corrected chi connectivity index (χ4v) is 3.14. The molecule has 9 heteroatoms. The minimum absolute atomic E-state index is 0.0192. The van der Waals surface area contributed by atoms with E-state index in [4.69, 9.17) is 5.73 Å². The molecule has 2 atom stereocenters. The number of aromatic nitrogens is 2. The van der Waals surface area contributed by atoms with Gasteiger partial charge in [0.1, 0.15) is 17.9 Å². The Labute approximate surface area is 178 Å². The zero-order chi connectivity index (χ0) is 22.4. The minimum atomic E-state index is -1.08. The van der Waals surface area contributed by atoms with E-state index in [0.717, 1.165) is 0 Å². The molecule has 3 amide bonds. The maximum absolute atomic E-state index is 14.0. The molecule has 0 unspecified atom stereocenters. The number of rotatable bonds is 8. The number of carbonyl (C=O) groups excluding carboxylic acids is 3. The molecule has 8 nitrogen and oxygen atoms in total. The molecular formula is C22H22FN5O3. The quantitative estimate of drug-likeness (QED) is 0.499. The number of carbonyl (C=O) groups is 3. The number of amides is 3. The van der Waals surface area contributed by atoms with Crippen molar-refractivity contribution in [2.75, 3.05) is 0 Å². The maximum atomic E-state index is 14.0. The Morgan fingerprint density at radius 3 is 2.32 bits per heavy atom. The van der Waals surface area contributed by atoms with Crippen LogP contribution in [0, 0.1) is 5.82 Å². The second kappa shape index (κ2) is 9.75. The van der Waals surface area contributed by atoms with Gasteiger partial charge in [-0.15, -0.1) is 0 Å². The van der Waals surface area contributed by atoms with Crippen LogP contribution in [-0.4, -0.2) is 39.8 Å². The SMILES string of the molecule is CC(=O)N[C@@H](Cc1ccccc1F)C(=O)N[C@@H](Cc1cnc2ccccc2n1)C(N)=O. The Morgan fingerprint density at radius 2 is 1.65 bits per heavy atom. The van der Waals surface area contributed by atoms with Gasteiger partial charge in [-0.2, -0.15) is 0 Å². The molecule has 31 heavy (non-hydrogen) atoms. The van der Waals surface area contributed by atoms with Crippen LogP contribution >= 0.6 is 0 Å². The molecule has 2 aromatic carbocycles.